The first-order chi connectivity index (χ1) is 14.1. The maximum atomic E-state index is 12.1. The van der Waals surface area contributed by atoms with Gasteiger partial charge in [0.25, 0.3) is 0 Å². The van der Waals surface area contributed by atoms with E-state index in [-0.39, 0.29) is 0 Å². The smallest absolute Gasteiger partial charge is 0.316 e. The van der Waals surface area contributed by atoms with Gasteiger partial charge in [-0.1, -0.05) is 72.3 Å². The van der Waals surface area contributed by atoms with Crippen LogP contribution in [0, 0.1) is 0 Å². The van der Waals surface area contributed by atoms with Gasteiger partial charge in [0.15, 0.2) is 0 Å². The Kier molecular flexibility index (Phi) is 5.22. The molecule has 4 aromatic carbocycles. The summed E-state index contributed by atoms with van der Waals surface area (Å²) in [4.78, 5) is 24.2. The Morgan fingerprint density at radius 2 is 1.38 bits per heavy atom. The quantitative estimate of drug-likeness (QED) is 0.225. The molecule has 2 amide bonds. The molecule has 29 heavy (non-hydrogen) atoms. The summed E-state index contributed by atoms with van der Waals surface area (Å²) in [6, 6.07) is 24.7. The molecule has 0 unspecified atom stereocenters. The van der Waals surface area contributed by atoms with Gasteiger partial charge in [-0.15, -0.1) is 0 Å². The van der Waals surface area contributed by atoms with Crippen LogP contribution in [0.3, 0.4) is 0 Å². The lowest BCUT2D eigenvalue weighted by Gasteiger charge is -2.08. The summed E-state index contributed by atoms with van der Waals surface area (Å²) in [6.07, 6.45) is 1.56. The number of amides is 2. The van der Waals surface area contributed by atoms with Crippen LogP contribution < -0.4 is 10.7 Å². The molecule has 0 atom stereocenters. The van der Waals surface area contributed by atoms with Crippen molar-refractivity contribution in [1.29, 1.82) is 0 Å². The highest BCUT2D eigenvalue weighted by Gasteiger charge is 2.14. The normalized spacial score (nSPS) is 11.1. The minimum Gasteiger partial charge on any atom is -0.316 e. The molecule has 0 radical (unpaired) electrons. The van der Waals surface area contributed by atoms with Crippen LogP contribution in [0.1, 0.15) is 5.56 Å². The summed E-state index contributed by atoms with van der Waals surface area (Å²) >= 11 is 5.99. The summed E-state index contributed by atoms with van der Waals surface area (Å²) in [7, 11) is 0. The Morgan fingerprint density at radius 3 is 2.03 bits per heavy atom. The lowest BCUT2D eigenvalue weighted by atomic mass is 9.97. The van der Waals surface area contributed by atoms with Crippen molar-refractivity contribution < 1.29 is 9.59 Å². The third-order valence-corrected chi connectivity index (χ3v) is 4.83. The van der Waals surface area contributed by atoms with E-state index in [2.05, 4.69) is 21.9 Å². The molecule has 4 aromatic rings. The lowest BCUT2D eigenvalue weighted by molar-refractivity contribution is -0.136. The highest BCUT2D eigenvalue weighted by Crippen LogP contribution is 2.27. The zero-order chi connectivity index (χ0) is 20.2. The molecule has 0 fully saturated rings. The van der Waals surface area contributed by atoms with Gasteiger partial charge in [0.05, 0.1) is 16.9 Å². The van der Waals surface area contributed by atoms with Crippen LogP contribution in [-0.2, 0) is 9.59 Å². The predicted octanol–water partition coefficient (Wildman–Crippen LogP) is 4.74. The Hall–Kier alpha value is -3.70. The number of hydrogen-bond acceptors (Lipinski definition) is 3. The van der Waals surface area contributed by atoms with Crippen molar-refractivity contribution in [3.8, 4) is 0 Å². The number of benzene rings is 4. The number of carbonyl (C=O) groups is 2. The molecule has 0 aliphatic rings. The van der Waals surface area contributed by atoms with Crippen LogP contribution in [0.4, 0.5) is 5.69 Å². The second-order valence-corrected chi connectivity index (χ2v) is 6.77. The molecule has 0 heterocycles. The summed E-state index contributed by atoms with van der Waals surface area (Å²) in [5.41, 5.74) is 3.50. The molecular weight excluding hydrogens is 386 g/mol. The number of anilines is 1. The number of nitrogens with zero attached hydrogens (tertiary/aromatic N) is 1. The van der Waals surface area contributed by atoms with Crippen molar-refractivity contribution in [2.24, 2.45) is 5.10 Å². The average Bonchev–Trinajstić information content (AvgIpc) is 2.74. The minimum absolute atomic E-state index is 0.347. The van der Waals surface area contributed by atoms with Gasteiger partial charge < -0.3 is 5.32 Å². The van der Waals surface area contributed by atoms with Gasteiger partial charge in [0, 0.05) is 5.56 Å². The highest BCUT2D eigenvalue weighted by molar-refractivity contribution is 6.41. The summed E-state index contributed by atoms with van der Waals surface area (Å²) in [5.74, 6) is -1.73. The number of carbonyl (C=O) groups excluding carboxylic acids is 2. The molecule has 4 rings (SSSR count). The number of para-hydroxylation sites is 1. The molecule has 0 saturated carbocycles. The van der Waals surface area contributed by atoms with Crippen LogP contribution in [0.5, 0.6) is 0 Å². The van der Waals surface area contributed by atoms with E-state index in [9.17, 15) is 9.59 Å². The number of nitrogens with one attached hydrogen (secondary N) is 2. The third kappa shape index (κ3) is 3.95. The van der Waals surface area contributed by atoms with Gasteiger partial charge in [-0.2, -0.15) is 5.10 Å². The first-order valence-corrected chi connectivity index (χ1v) is 9.31. The fraction of sp³-hybridized carbons (Fsp3) is 0. The molecule has 2 N–H and O–H groups in total. The largest absolute Gasteiger partial charge is 0.329 e. The van der Waals surface area contributed by atoms with Crippen molar-refractivity contribution in [3.63, 3.8) is 0 Å². The molecule has 0 aromatic heterocycles. The fourth-order valence-corrected chi connectivity index (χ4v) is 3.32. The number of fused-ring (bicyclic) bond motifs is 2. The van der Waals surface area contributed by atoms with Gasteiger partial charge in [-0.25, -0.2) is 5.43 Å². The van der Waals surface area contributed by atoms with Crippen molar-refractivity contribution in [2.45, 2.75) is 0 Å². The molecule has 0 spiro atoms. The first-order valence-electron chi connectivity index (χ1n) is 8.93. The number of hydrazone groups is 1. The van der Waals surface area contributed by atoms with Crippen molar-refractivity contribution in [3.05, 3.63) is 89.4 Å². The van der Waals surface area contributed by atoms with Crippen molar-refractivity contribution in [2.75, 3.05) is 5.32 Å². The van der Waals surface area contributed by atoms with E-state index < -0.39 is 11.8 Å². The number of rotatable bonds is 3. The maximum Gasteiger partial charge on any atom is 0.329 e. The first kappa shape index (κ1) is 18.7. The van der Waals surface area contributed by atoms with Gasteiger partial charge >= 0.3 is 11.8 Å². The predicted molar refractivity (Wildman–Crippen MR) is 117 cm³/mol. The van der Waals surface area contributed by atoms with Gasteiger partial charge in [0.2, 0.25) is 0 Å². The van der Waals surface area contributed by atoms with Crippen LogP contribution in [0.25, 0.3) is 21.5 Å². The second kappa shape index (κ2) is 8.12. The van der Waals surface area contributed by atoms with Gasteiger partial charge in [-0.3, -0.25) is 9.59 Å². The standard InChI is InChI=1S/C23H16ClN3O2/c24-20-11-5-6-12-21(20)26-22(28)23(29)27-25-14-19-17-9-3-1-7-15(17)13-16-8-2-4-10-18(16)19/h1-14H,(H,26,28)(H,27,29)/b25-14-. The van der Waals surface area contributed by atoms with E-state index >= 15 is 0 Å². The Bertz CT molecular complexity index is 1210. The Labute approximate surface area is 172 Å². The molecule has 0 saturated heterocycles. The zero-order valence-corrected chi connectivity index (χ0v) is 16.0. The van der Waals surface area contributed by atoms with Crippen LogP contribution in [0.2, 0.25) is 5.02 Å². The SMILES string of the molecule is O=C(N/N=C\c1c2ccccc2cc2ccccc12)C(=O)Nc1ccccc1Cl. The number of halogens is 1. The van der Waals surface area contributed by atoms with E-state index in [1.165, 1.54) is 0 Å². The molecular formula is C23H16ClN3O2. The third-order valence-electron chi connectivity index (χ3n) is 4.50. The topological polar surface area (TPSA) is 70.6 Å². The van der Waals surface area contributed by atoms with Crippen LogP contribution >= 0.6 is 11.6 Å². The summed E-state index contributed by atoms with van der Waals surface area (Å²) in [6.45, 7) is 0. The minimum atomic E-state index is -0.884. The molecule has 5 nitrogen and oxygen atoms in total. The fourth-order valence-electron chi connectivity index (χ4n) is 3.14. The Balaban J connectivity index is 1.57. The van der Waals surface area contributed by atoms with Crippen LogP contribution in [0.15, 0.2) is 84.0 Å². The molecule has 0 aliphatic carbocycles. The average molecular weight is 402 g/mol. The van der Waals surface area contributed by atoms with E-state index in [0.717, 1.165) is 27.1 Å². The van der Waals surface area contributed by atoms with E-state index in [0.29, 0.717) is 10.7 Å². The Morgan fingerprint density at radius 1 is 0.793 bits per heavy atom. The molecule has 6 heteroatoms. The monoisotopic (exact) mass is 401 g/mol. The van der Waals surface area contributed by atoms with E-state index in [1.807, 2.05) is 48.5 Å². The van der Waals surface area contributed by atoms with Gasteiger partial charge in [-0.05, 0) is 39.7 Å². The second-order valence-electron chi connectivity index (χ2n) is 6.37. The number of hydrogen-bond donors (Lipinski definition) is 2. The van der Waals surface area contributed by atoms with Crippen molar-refractivity contribution >= 4 is 56.9 Å². The zero-order valence-electron chi connectivity index (χ0n) is 15.2. The molecule has 142 valence electrons. The summed E-state index contributed by atoms with van der Waals surface area (Å²) in [5, 5.41) is 11.0. The maximum absolute atomic E-state index is 12.1. The van der Waals surface area contributed by atoms with Gasteiger partial charge in [0.1, 0.15) is 0 Å². The summed E-state index contributed by atoms with van der Waals surface area (Å²) < 4.78 is 0. The molecule has 0 bridgehead atoms. The van der Waals surface area contributed by atoms with Crippen molar-refractivity contribution in [1.82, 2.24) is 5.43 Å². The van der Waals surface area contributed by atoms with E-state index in [1.54, 1.807) is 30.5 Å². The highest BCUT2D eigenvalue weighted by atomic mass is 35.5. The molecule has 0 aliphatic heterocycles. The lowest BCUT2D eigenvalue weighted by Crippen LogP contribution is -2.32. The van der Waals surface area contributed by atoms with E-state index in [4.69, 9.17) is 11.6 Å². The van der Waals surface area contributed by atoms with Crippen LogP contribution in [-0.4, -0.2) is 18.0 Å².